The first-order chi connectivity index (χ1) is 9.03. The molecule has 0 spiro atoms. The van der Waals surface area contributed by atoms with Crippen molar-refractivity contribution >= 4 is 11.6 Å². The van der Waals surface area contributed by atoms with Crippen LogP contribution in [-0.2, 0) is 4.74 Å². The van der Waals surface area contributed by atoms with Gasteiger partial charge in [0, 0.05) is 19.2 Å². The van der Waals surface area contributed by atoms with Crippen molar-refractivity contribution in [2.45, 2.75) is 13.0 Å². The Balaban J connectivity index is 3.01. The van der Waals surface area contributed by atoms with E-state index in [0.29, 0.717) is 23.7 Å². The Morgan fingerprint density at radius 2 is 2.00 bits per heavy atom. The van der Waals surface area contributed by atoms with Gasteiger partial charge in [-0.3, -0.25) is 4.79 Å². The first-order valence-corrected chi connectivity index (χ1v) is 5.84. The van der Waals surface area contributed by atoms with Gasteiger partial charge in [0.05, 0.1) is 32.1 Å². The van der Waals surface area contributed by atoms with E-state index in [1.54, 1.807) is 19.2 Å². The second-order valence-corrected chi connectivity index (χ2v) is 4.12. The zero-order chi connectivity index (χ0) is 14.4. The van der Waals surface area contributed by atoms with E-state index in [-0.39, 0.29) is 17.6 Å². The number of rotatable bonds is 6. The summed E-state index contributed by atoms with van der Waals surface area (Å²) in [4.78, 5) is 12.1. The fourth-order valence-electron chi connectivity index (χ4n) is 1.67. The first-order valence-electron chi connectivity index (χ1n) is 5.84. The van der Waals surface area contributed by atoms with E-state index in [1.807, 2.05) is 6.92 Å². The van der Waals surface area contributed by atoms with E-state index in [1.165, 1.54) is 14.2 Å². The summed E-state index contributed by atoms with van der Waals surface area (Å²) in [5.74, 6) is 0.624. The van der Waals surface area contributed by atoms with Gasteiger partial charge in [-0.1, -0.05) is 0 Å². The Morgan fingerprint density at radius 3 is 2.53 bits per heavy atom. The zero-order valence-corrected chi connectivity index (χ0v) is 11.6. The summed E-state index contributed by atoms with van der Waals surface area (Å²) in [5.41, 5.74) is 6.50. The van der Waals surface area contributed by atoms with Gasteiger partial charge >= 0.3 is 0 Å². The normalized spacial score (nSPS) is 11.8. The van der Waals surface area contributed by atoms with E-state index in [0.717, 1.165) is 0 Å². The highest BCUT2D eigenvalue weighted by Gasteiger charge is 2.17. The lowest BCUT2D eigenvalue weighted by Gasteiger charge is -2.16. The Bertz CT molecular complexity index is 449. The predicted octanol–water partition coefficient (Wildman–Crippen LogP) is 1.05. The second-order valence-electron chi connectivity index (χ2n) is 4.12. The highest BCUT2D eigenvalue weighted by atomic mass is 16.5. The Labute approximate surface area is 112 Å². The molecule has 1 aromatic rings. The molecule has 0 bridgehead atoms. The van der Waals surface area contributed by atoms with Crippen LogP contribution in [0, 0.1) is 0 Å². The molecule has 0 aliphatic heterocycles. The minimum Gasteiger partial charge on any atom is -0.497 e. The number of ether oxygens (including phenoxy) is 3. The standard InChI is InChI=1S/C13H20N2O4/c1-8(7-17-2)15-13(16)10-5-9(18-3)6-11(19-4)12(10)14/h5-6,8H,7,14H2,1-4H3,(H,15,16). The van der Waals surface area contributed by atoms with Gasteiger partial charge in [0.2, 0.25) is 0 Å². The number of hydrogen-bond donors (Lipinski definition) is 2. The summed E-state index contributed by atoms with van der Waals surface area (Å²) in [5, 5.41) is 2.79. The Hall–Kier alpha value is -1.95. The van der Waals surface area contributed by atoms with E-state index < -0.39 is 0 Å². The van der Waals surface area contributed by atoms with Crippen molar-refractivity contribution in [3.63, 3.8) is 0 Å². The van der Waals surface area contributed by atoms with Gasteiger partial charge in [0.1, 0.15) is 11.5 Å². The average Bonchev–Trinajstić information content (AvgIpc) is 2.39. The van der Waals surface area contributed by atoms with Gasteiger partial charge in [-0.15, -0.1) is 0 Å². The molecule has 1 aromatic carbocycles. The molecule has 0 saturated heterocycles. The molecule has 106 valence electrons. The number of carbonyl (C=O) groups excluding carboxylic acids is 1. The third-order valence-electron chi connectivity index (χ3n) is 2.61. The number of anilines is 1. The van der Waals surface area contributed by atoms with Crippen LogP contribution in [0.4, 0.5) is 5.69 Å². The van der Waals surface area contributed by atoms with E-state index in [2.05, 4.69) is 5.32 Å². The number of benzene rings is 1. The molecule has 3 N–H and O–H groups in total. The maximum Gasteiger partial charge on any atom is 0.253 e. The molecule has 1 atom stereocenters. The number of methoxy groups -OCH3 is 3. The van der Waals surface area contributed by atoms with Crippen LogP contribution in [0.3, 0.4) is 0 Å². The number of hydrogen-bond acceptors (Lipinski definition) is 5. The Kier molecular flexibility index (Phi) is 5.44. The molecule has 0 fully saturated rings. The van der Waals surface area contributed by atoms with Gasteiger partial charge < -0.3 is 25.3 Å². The number of amides is 1. The van der Waals surface area contributed by atoms with E-state index in [4.69, 9.17) is 19.9 Å². The highest BCUT2D eigenvalue weighted by molar-refractivity contribution is 6.01. The van der Waals surface area contributed by atoms with Gasteiger partial charge in [-0.2, -0.15) is 0 Å². The molecule has 1 amide bonds. The molecule has 0 aliphatic rings. The maximum absolute atomic E-state index is 12.1. The molecule has 19 heavy (non-hydrogen) atoms. The van der Waals surface area contributed by atoms with Crippen molar-refractivity contribution < 1.29 is 19.0 Å². The lowest BCUT2D eigenvalue weighted by molar-refractivity contribution is 0.0906. The largest absolute Gasteiger partial charge is 0.497 e. The van der Waals surface area contributed by atoms with E-state index in [9.17, 15) is 4.79 Å². The van der Waals surface area contributed by atoms with Crippen LogP contribution in [0.15, 0.2) is 12.1 Å². The molecule has 0 aliphatic carbocycles. The monoisotopic (exact) mass is 268 g/mol. The maximum atomic E-state index is 12.1. The van der Waals surface area contributed by atoms with Crippen molar-refractivity contribution in [2.75, 3.05) is 33.7 Å². The summed E-state index contributed by atoms with van der Waals surface area (Å²) in [6.45, 7) is 2.27. The number of nitrogen functional groups attached to an aromatic ring is 1. The molecule has 0 heterocycles. The summed E-state index contributed by atoms with van der Waals surface area (Å²) < 4.78 is 15.2. The van der Waals surface area contributed by atoms with Crippen molar-refractivity contribution in [2.24, 2.45) is 0 Å². The molecule has 0 radical (unpaired) electrons. The topological polar surface area (TPSA) is 82.8 Å². The molecule has 1 rings (SSSR count). The van der Waals surface area contributed by atoms with Gasteiger partial charge in [-0.25, -0.2) is 0 Å². The third kappa shape index (κ3) is 3.75. The summed E-state index contributed by atoms with van der Waals surface area (Å²) >= 11 is 0. The van der Waals surface area contributed by atoms with Crippen molar-refractivity contribution in [3.05, 3.63) is 17.7 Å². The summed E-state index contributed by atoms with van der Waals surface area (Å²) in [6, 6.07) is 3.09. The van der Waals surface area contributed by atoms with Gasteiger partial charge in [-0.05, 0) is 13.0 Å². The summed E-state index contributed by atoms with van der Waals surface area (Å²) in [6.07, 6.45) is 0. The number of nitrogens with one attached hydrogen (secondary N) is 1. The van der Waals surface area contributed by atoms with Crippen LogP contribution in [-0.4, -0.2) is 39.9 Å². The minimum atomic E-state index is -0.292. The fourth-order valence-corrected chi connectivity index (χ4v) is 1.67. The van der Waals surface area contributed by atoms with Gasteiger partial charge in [0.25, 0.3) is 5.91 Å². The first kappa shape index (κ1) is 15.1. The quantitative estimate of drug-likeness (QED) is 0.753. The average molecular weight is 268 g/mol. The van der Waals surface area contributed by atoms with Crippen LogP contribution >= 0.6 is 0 Å². The van der Waals surface area contributed by atoms with Crippen molar-refractivity contribution in [3.8, 4) is 11.5 Å². The lowest BCUT2D eigenvalue weighted by Crippen LogP contribution is -2.36. The Morgan fingerprint density at radius 1 is 1.32 bits per heavy atom. The lowest BCUT2D eigenvalue weighted by atomic mass is 10.1. The van der Waals surface area contributed by atoms with Crippen LogP contribution < -0.4 is 20.5 Å². The molecular formula is C13H20N2O4. The van der Waals surface area contributed by atoms with Crippen molar-refractivity contribution in [1.29, 1.82) is 0 Å². The fraction of sp³-hybridized carbons (Fsp3) is 0.462. The van der Waals surface area contributed by atoms with Gasteiger partial charge in [0.15, 0.2) is 0 Å². The van der Waals surface area contributed by atoms with E-state index >= 15 is 0 Å². The number of carbonyl (C=O) groups is 1. The zero-order valence-electron chi connectivity index (χ0n) is 11.6. The molecular weight excluding hydrogens is 248 g/mol. The van der Waals surface area contributed by atoms with Crippen LogP contribution in [0.25, 0.3) is 0 Å². The minimum absolute atomic E-state index is 0.117. The van der Waals surface area contributed by atoms with Crippen LogP contribution in [0.1, 0.15) is 17.3 Å². The number of nitrogens with two attached hydrogens (primary N) is 1. The smallest absolute Gasteiger partial charge is 0.253 e. The third-order valence-corrected chi connectivity index (χ3v) is 2.61. The predicted molar refractivity (Wildman–Crippen MR) is 72.8 cm³/mol. The van der Waals surface area contributed by atoms with Crippen LogP contribution in [0.5, 0.6) is 11.5 Å². The molecule has 6 heteroatoms. The summed E-state index contributed by atoms with van der Waals surface area (Å²) in [7, 11) is 4.58. The molecule has 0 aromatic heterocycles. The highest BCUT2D eigenvalue weighted by Crippen LogP contribution is 2.30. The van der Waals surface area contributed by atoms with Crippen LogP contribution in [0.2, 0.25) is 0 Å². The van der Waals surface area contributed by atoms with Crippen molar-refractivity contribution in [1.82, 2.24) is 5.32 Å². The molecule has 6 nitrogen and oxygen atoms in total. The second kappa shape index (κ2) is 6.84. The molecule has 0 saturated carbocycles. The molecule has 1 unspecified atom stereocenters. The SMILES string of the molecule is COCC(C)NC(=O)c1cc(OC)cc(OC)c1N.